The topological polar surface area (TPSA) is 52.6 Å². The van der Waals surface area contributed by atoms with Crippen LogP contribution in [0.15, 0.2) is 24.3 Å². The first-order chi connectivity index (χ1) is 8.66. The van der Waals surface area contributed by atoms with Crippen molar-refractivity contribution < 1.29 is 19.1 Å². The molecule has 0 radical (unpaired) electrons. The lowest BCUT2D eigenvalue weighted by molar-refractivity contribution is -0.124. The van der Waals surface area contributed by atoms with Crippen molar-refractivity contribution in [3.63, 3.8) is 0 Å². The Labute approximate surface area is 106 Å². The number of carbonyl (C=O) groups is 2. The van der Waals surface area contributed by atoms with Gasteiger partial charge in [-0.3, -0.25) is 9.59 Å². The van der Waals surface area contributed by atoms with Gasteiger partial charge in [0.25, 0.3) is 0 Å². The highest BCUT2D eigenvalue weighted by Gasteiger charge is 2.23. The lowest BCUT2D eigenvalue weighted by atomic mass is 10.0. The van der Waals surface area contributed by atoms with Crippen LogP contribution in [-0.2, 0) is 9.53 Å². The van der Waals surface area contributed by atoms with E-state index in [9.17, 15) is 9.59 Å². The van der Waals surface area contributed by atoms with E-state index in [-0.39, 0.29) is 24.1 Å². The summed E-state index contributed by atoms with van der Waals surface area (Å²) in [6.07, 6.45) is 0.783. The van der Waals surface area contributed by atoms with Gasteiger partial charge >= 0.3 is 0 Å². The van der Waals surface area contributed by atoms with Crippen molar-refractivity contribution in [3.8, 4) is 5.75 Å². The number of hydrogen-bond donors (Lipinski definition) is 0. The van der Waals surface area contributed by atoms with Crippen LogP contribution in [0.5, 0.6) is 5.75 Å². The fourth-order valence-electron chi connectivity index (χ4n) is 1.85. The van der Waals surface area contributed by atoms with Gasteiger partial charge in [0.05, 0.1) is 6.61 Å². The molecule has 2 rings (SSSR count). The monoisotopic (exact) mass is 248 g/mol. The van der Waals surface area contributed by atoms with Crippen LogP contribution in [-0.4, -0.2) is 31.4 Å². The lowest BCUT2D eigenvalue weighted by Crippen LogP contribution is -2.21. The Hall–Kier alpha value is -1.68. The summed E-state index contributed by atoms with van der Waals surface area (Å²) < 4.78 is 10.6. The minimum atomic E-state index is -0.0264. The van der Waals surface area contributed by atoms with Crippen LogP contribution in [0.25, 0.3) is 0 Å². The molecule has 96 valence electrons. The molecule has 4 heteroatoms. The molecule has 0 N–H and O–H groups in total. The van der Waals surface area contributed by atoms with Crippen molar-refractivity contribution in [2.75, 3.05) is 19.8 Å². The van der Waals surface area contributed by atoms with Crippen molar-refractivity contribution in [3.05, 3.63) is 29.8 Å². The molecule has 0 aromatic heterocycles. The van der Waals surface area contributed by atoms with Crippen molar-refractivity contribution in [1.82, 2.24) is 0 Å². The summed E-state index contributed by atoms with van der Waals surface area (Å²) in [5.41, 5.74) is 0.637. The summed E-state index contributed by atoms with van der Waals surface area (Å²) >= 11 is 0. The number of ketones is 2. The number of Topliss-reactive ketones (excluding diaryl/α,β-unsaturated/α-hetero) is 2. The predicted molar refractivity (Wildman–Crippen MR) is 65.9 cm³/mol. The smallest absolute Gasteiger partial charge is 0.175 e. The van der Waals surface area contributed by atoms with Crippen LogP contribution in [0.2, 0.25) is 0 Å². The molecule has 0 bridgehead atoms. The van der Waals surface area contributed by atoms with Crippen LogP contribution < -0.4 is 4.74 Å². The summed E-state index contributed by atoms with van der Waals surface area (Å²) in [6.45, 7) is 2.74. The van der Waals surface area contributed by atoms with Gasteiger partial charge < -0.3 is 9.47 Å². The summed E-state index contributed by atoms with van der Waals surface area (Å²) in [5.74, 6) is 0.664. The van der Waals surface area contributed by atoms with Gasteiger partial charge in [-0.1, -0.05) is 0 Å². The summed E-state index contributed by atoms with van der Waals surface area (Å²) in [5, 5.41) is 0. The van der Waals surface area contributed by atoms with Gasteiger partial charge in [-0.2, -0.15) is 0 Å². The zero-order chi connectivity index (χ0) is 13.0. The van der Waals surface area contributed by atoms with E-state index in [1.807, 2.05) is 0 Å². The molecule has 1 aliphatic rings. The third kappa shape index (κ3) is 3.17. The summed E-state index contributed by atoms with van der Waals surface area (Å²) in [4.78, 5) is 22.8. The highest BCUT2D eigenvalue weighted by Crippen LogP contribution is 2.16. The van der Waals surface area contributed by atoms with Crippen molar-refractivity contribution in [2.45, 2.75) is 13.3 Å². The van der Waals surface area contributed by atoms with E-state index in [0.717, 1.165) is 6.42 Å². The summed E-state index contributed by atoms with van der Waals surface area (Å²) in [6, 6.07) is 6.80. The SMILES string of the molecule is CC(=O)c1ccc(OCC(=O)C2CCOC2)cc1. The van der Waals surface area contributed by atoms with E-state index in [1.165, 1.54) is 6.92 Å². The molecule has 1 aromatic carbocycles. The van der Waals surface area contributed by atoms with Gasteiger partial charge in [0.15, 0.2) is 11.6 Å². The fraction of sp³-hybridized carbons (Fsp3) is 0.429. The van der Waals surface area contributed by atoms with Crippen molar-refractivity contribution in [1.29, 1.82) is 0 Å². The highest BCUT2D eigenvalue weighted by molar-refractivity contribution is 5.94. The molecule has 1 heterocycles. The third-order valence-electron chi connectivity index (χ3n) is 3.03. The van der Waals surface area contributed by atoms with Crippen molar-refractivity contribution in [2.24, 2.45) is 5.92 Å². The average Bonchev–Trinajstić information content (AvgIpc) is 2.90. The summed E-state index contributed by atoms with van der Waals surface area (Å²) in [7, 11) is 0. The Balaban J connectivity index is 1.86. The first kappa shape index (κ1) is 12.8. The number of benzene rings is 1. The van der Waals surface area contributed by atoms with Gasteiger partial charge in [-0.15, -0.1) is 0 Å². The van der Waals surface area contributed by atoms with Crippen LogP contribution in [0, 0.1) is 5.92 Å². The minimum absolute atomic E-state index is 0.0146. The lowest BCUT2D eigenvalue weighted by Gasteiger charge is -2.08. The molecule has 0 spiro atoms. The van der Waals surface area contributed by atoms with Gasteiger partial charge in [0.1, 0.15) is 12.4 Å². The second-order valence-electron chi connectivity index (χ2n) is 4.40. The van der Waals surface area contributed by atoms with E-state index in [2.05, 4.69) is 0 Å². The van der Waals surface area contributed by atoms with Gasteiger partial charge in [-0.25, -0.2) is 0 Å². The molecule has 18 heavy (non-hydrogen) atoms. The zero-order valence-electron chi connectivity index (χ0n) is 10.3. The molecule has 1 atom stereocenters. The first-order valence-corrected chi connectivity index (χ1v) is 6.01. The normalized spacial score (nSPS) is 18.6. The quantitative estimate of drug-likeness (QED) is 0.746. The average molecular weight is 248 g/mol. The molecule has 1 fully saturated rings. The van der Waals surface area contributed by atoms with Crippen molar-refractivity contribution >= 4 is 11.6 Å². The molecule has 1 aromatic rings. The molecular formula is C14H16O4. The molecule has 0 saturated carbocycles. The van der Waals surface area contributed by atoms with Crippen LogP contribution in [0.4, 0.5) is 0 Å². The predicted octanol–water partition coefficient (Wildman–Crippen LogP) is 1.87. The van der Waals surface area contributed by atoms with E-state index >= 15 is 0 Å². The maximum atomic E-state index is 11.7. The maximum absolute atomic E-state index is 11.7. The Morgan fingerprint density at radius 3 is 2.61 bits per heavy atom. The second kappa shape index (κ2) is 5.78. The van der Waals surface area contributed by atoms with Gasteiger partial charge in [0.2, 0.25) is 0 Å². The third-order valence-corrected chi connectivity index (χ3v) is 3.03. The molecule has 1 saturated heterocycles. The Morgan fingerprint density at radius 1 is 1.33 bits per heavy atom. The van der Waals surface area contributed by atoms with E-state index in [1.54, 1.807) is 24.3 Å². The highest BCUT2D eigenvalue weighted by atomic mass is 16.5. The maximum Gasteiger partial charge on any atom is 0.175 e. The zero-order valence-corrected chi connectivity index (χ0v) is 10.3. The van der Waals surface area contributed by atoms with Crippen LogP contribution in [0.1, 0.15) is 23.7 Å². The molecular weight excluding hydrogens is 232 g/mol. The van der Waals surface area contributed by atoms with Gasteiger partial charge in [-0.05, 0) is 37.6 Å². The van der Waals surface area contributed by atoms with E-state index < -0.39 is 0 Å². The van der Waals surface area contributed by atoms with E-state index in [0.29, 0.717) is 24.5 Å². The molecule has 0 aliphatic carbocycles. The molecule has 4 nitrogen and oxygen atoms in total. The standard InChI is InChI=1S/C14H16O4/c1-10(15)11-2-4-13(5-3-11)18-9-14(16)12-6-7-17-8-12/h2-5,12H,6-9H2,1H3. The number of carbonyl (C=O) groups excluding carboxylic acids is 2. The number of hydrogen-bond acceptors (Lipinski definition) is 4. The Morgan fingerprint density at radius 2 is 2.06 bits per heavy atom. The Bertz CT molecular complexity index is 430. The molecule has 1 unspecified atom stereocenters. The number of ether oxygens (including phenoxy) is 2. The van der Waals surface area contributed by atoms with Crippen LogP contribution in [0.3, 0.4) is 0 Å². The first-order valence-electron chi connectivity index (χ1n) is 6.01. The largest absolute Gasteiger partial charge is 0.486 e. The minimum Gasteiger partial charge on any atom is -0.486 e. The van der Waals surface area contributed by atoms with E-state index in [4.69, 9.17) is 9.47 Å². The van der Waals surface area contributed by atoms with Gasteiger partial charge in [0, 0.05) is 18.1 Å². The van der Waals surface area contributed by atoms with Crippen LogP contribution >= 0.6 is 0 Å². The Kier molecular flexibility index (Phi) is 4.10. The molecule has 0 amide bonds. The fourth-order valence-corrected chi connectivity index (χ4v) is 1.85. The number of rotatable bonds is 5. The second-order valence-corrected chi connectivity index (χ2v) is 4.40. The molecule has 1 aliphatic heterocycles.